The number of cyclic esters (lactones) is 1. The van der Waals surface area contributed by atoms with Crippen molar-refractivity contribution in [1.29, 1.82) is 0 Å². The van der Waals surface area contributed by atoms with Crippen LogP contribution in [0.3, 0.4) is 0 Å². The van der Waals surface area contributed by atoms with Crippen molar-refractivity contribution in [3.8, 4) is 0 Å². The Morgan fingerprint density at radius 3 is 2.49 bits per heavy atom. The largest absolute Gasteiger partial charge is 0.465 e. The first-order chi connectivity index (χ1) is 17.8. The van der Waals surface area contributed by atoms with E-state index in [4.69, 9.17) is 9.47 Å². The van der Waals surface area contributed by atoms with Gasteiger partial charge in [0.2, 0.25) is 11.8 Å². The average Bonchev–Trinajstić information content (AvgIpc) is 3.23. The molecule has 0 aromatic heterocycles. The number of aliphatic hydroxyl groups excluding tert-OH is 1. The molecule has 0 bridgehead atoms. The number of esters is 1. The molecule has 1 spiro atoms. The van der Waals surface area contributed by atoms with Gasteiger partial charge < -0.3 is 24.4 Å². The molecule has 2 saturated heterocycles. The number of hydrogen-bond acceptors (Lipinski definition) is 6. The summed E-state index contributed by atoms with van der Waals surface area (Å²) in [4.78, 5) is 46.0. The van der Waals surface area contributed by atoms with Gasteiger partial charge in [-0.3, -0.25) is 14.4 Å². The SMILES string of the molecule is CC[C@@]12C=CCCOC(=O)[C@@H]1[C@H]1C(=O)N([C@@H](CO)CC(C)C)C3C(=O)N(C4CCCCC4)CC=C[C@@]31O2. The number of nitrogens with zero attached hydrogens (tertiary/aromatic N) is 2. The molecule has 5 rings (SSSR count). The minimum Gasteiger partial charge on any atom is -0.465 e. The van der Waals surface area contributed by atoms with Crippen LogP contribution in [0.15, 0.2) is 24.3 Å². The summed E-state index contributed by atoms with van der Waals surface area (Å²) < 4.78 is 12.6. The van der Waals surface area contributed by atoms with Crippen molar-refractivity contribution >= 4 is 17.8 Å². The molecule has 204 valence electrons. The molecule has 1 N–H and O–H groups in total. The molecule has 37 heavy (non-hydrogen) atoms. The molecule has 0 radical (unpaired) electrons. The highest BCUT2D eigenvalue weighted by Gasteiger charge is 2.76. The van der Waals surface area contributed by atoms with Gasteiger partial charge in [-0.25, -0.2) is 0 Å². The van der Waals surface area contributed by atoms with Gasteiger partial charge in [-0.15, -0.1) is 0 Å². The predicted molar refractivity (Wildman–Crippen MR) is 137 cm³/mol. The standard InChI is InChI=1S/C29H42N2O6/c1-4-28-13-8-9-16-36-27(35)23(28)22-25(33)31(21(18-32)17-19(2)3)24-26(34)30(20-11-6-5-7-12-20)15-10-14-29(22,24)37-28/h8,10,13-14,19-24,32H,4-7,9,11-12,15-18H2,1-3H3/t21-,22+,23+,24?,28-,29+/m1/s1. The number of aliphatic hydroxyl groups is 1. The van der Waals surface area contributed by atoms with E-state index in [1.807, 2.05) is 50.0 Å². The second-order valence-electron chi connectivity index (χ2n) is 11.9. The summed E-state index contributed by atoms with van der Waals surface area (Å²) in [5, 5.41) is 10.5. The van der Waals surface area contributed by atoms with Gasteiger partial charge in [0.15, 0.2) is 0 Å². The Balaban J connectivity index is 1.65. The van der Waals surface area contributed by atoms with Gasteiger partial charge >= 0.3 is 5.97 Å². The summed E-state index contributed by atoms with van der Waals surface area (Å²) in [7, 11) is 0. The van der Waals surface area contributed by atoms with E-state index < -0.39 is 41.1 Å². The molecule has 0 aromatic rings. The molecule has 4 aliphatic heterocycles. The van der Waals surface area contributed by atoms with Gasteiger partial charge in [0.25, 0.3) is 0 Å². The number of fused-ring (bicyclic) bond motifs is 2. The Morgan fingerprint density at radius 1 is 1.05 bits per heavy atom. The lowest BCUT2D eigenvalue weighted by Gasteiger charge is -2.43. The first-order valence-corrected chi connectivity index (χ1v) is 14.3. The van der Waals surface area contributed by atoms with Gasteiger partial charge in [-0.2, -0.15) is 0 Å². The molecule has 6 atom stereocenters. The second-order valence-corrected chi connectivity index (χ2v) is 11.9. The van der Waals surface area contributed by atoms with E-state index in [2.05, 4.69) is 0 Å². The van der Waals surface area contributed by atoms with Crippen LogP contribution in [-0.4, -0.2) is 81.8 Å². The van der Waals surface area contributed by atoms with Crippen LogP contribution in [0.4, 0.5) is 0 Å². The quantitative estimate of drug-likeness (QED) is 0.433. The van der Waals surface area contributed by atoms with Crippen LogP contribution >= 0.6 is 0 Å². The van der Waals surface area contributed by atoms with E-state index >= 15 is 0 Å². The van der Waals surface area contributed by atoms with Crippen LogP contribution in [0.25, 0.3) is 0 Å². The Morgan fingerprint density at radius 2 is 1.81 bits per heavy atom. The molecule has 2 amide bonds. The van der Waals surface area contributed by atoms with E-state index in [9.17, 15) is 19.5 Å². The third kappa shape index (κ3) is 4.15. The fraction of sp³-hybridized carbons (Fsp3) is 0.759. The maximum atomic E-state index is 14.5. The van der Waals surface area contributed by atoms with Crippen molar-refractivity contribution in [1.82, 2.24) is 9.80 Å². The molecule has 5 aliphatic rings. The van der Waals surface area contributed by atoms with Crippen LogP contribution in [-0.2, 0) is 23.9 Å². The lowest BCUT2D eigenvalue weighted by molar-refractivity contribution is -0.164. The molecule has 1 saturated carbocycles. The van der Waals surface area contributed by atoms with Crippen molar-refractivity contribution in [2.45, 2.75) is 101 Å². The van der Waals surface area contributed by atoms with Crippen LogP contribution in [0.1, 0.15) is 72.1 Å². The van der Waals surface area contributed by atoms with Gasteiger partial charge in [-0.1, -0.05) is 64.3 Å². The van der Waals surface area contributed by atoms with Crippen LogP contribution in [0.2, 0.25) is 0 Å². The summed E-state index contributed by atoms with van der Waals surface area (Å²) in [5.41, 5.74) is -2.32. The fourth-order valence-corrected chi connectivity index (χ4v) is 7.62. The fourth-order valence-electron chi connectivity index (χ4n) is 7.62. The topological polar surface area (TPSA) is 96.4 Å². The van der Waals surface area contributed by atoms with E-state index in [0.717, 1.165) is 25.7 Å². The third-order valence-corrected chi connectivity index (χ3v) is 9.23. The molecule has 4 heterocycles. The molecule has 1 unspecified atom stereocenters. The van der Waals surface area contributed by atoms with Gasteiger partial charge in [0, 0.05) is 12.6 Å². The maximum Gasteiger partial charge on any atom is 0.313 e. The smallest absolute Gasteiger partial charge is 0.313 e. The zero-order valence-electron chi connectivity index (χ0n) is 22.4. The minimum absolute atomic E-state index is 0.120. The van der Waals surface area contributed by atoms with Gasteiger partial charge in [0.05, 0.1) is 25.2 Å². The number of hydrogen-bond donors (Lipinski definition) is 1. The first-order valence-electron chi connectivity index (χ1n) is 14.3. The van der Waals surface area contributed by atoms with E-state index in [1.54, 1.807) is 4.90 Å². The van der Waals surface area contributed by atoms with Crippen molar-refractivity contribution in [3.63, 3.8) is 0 Å². The molecule has 8 heteroatoms. The number of rotatable bonds is 6. The summed E-state index contributed by atoms with van der Waals surface area (Å²) in [5.74, 6) is -2.41. The molecular formula is C29H42N2O6. The van der Waals surface area contributed by atoms with E-state index in [-0.39, 0.29) is 37.0 Å². The van der Waals surface area contributed by atoms with Crippen molar-refractivity contribution in [2.75, 3.05) is 19.8 Å². The number of carbonyl (C=O) groups is 3. The summed E-state index contributed by atoms with van der Waals surface area (Å²) in [6.07, 6.45) is 14.6. The Labute approximate surface area is 220 Å². The third-order valence-electron chi connectivity index (χ3n) is 9.23. The highest BCUT2D eigenvalue weighted by Crippen LogP contribution is 2.59. The summed E-state index contributed by atoms with van der Waals surface area (Å²) in [6, 6.07) is -1.35. The summed E-state index contributed by atoms with van der Waals surface area (Å²) >= 11 is 0. The Bertz CT molecular complexity index is 971. The zero-order chi connectivity index (χ0) is 26.4. The highest BCUT2D eigenvalue weighted by atomic mass is 16.6. The monoisotopic (exact) mass is 514 g/mol. The minimum atomic E-state index is -1.30. The van der Waals surface area contributed by atoms with Crippen LogP contribution < -0.4 is 0 Å². The molecule has 3 fully saturated rings. The zero-order valence-corrected chi connectivity index (χ0v) is 22.4. The predicted octanol–water partition coefficient (Wildman–Crippen LogP) is 2.99. The molecule has 1 aliphatic carbocycles. The lowest BCUT2D eigenvalue weighted by Crippen LogP contribution is -2.60. The maximum absolute atomic E-state index is 14.5. The molecule has 0 aromatic carbocycles. The Kier molecular flexibility index (Phi) is 7.26. The first kappa shape index (κ1) is 26.4. The van der Waals surface area contributed by atoms with E-state index in [1.165, 1.54) is 6.42 Å². The van der Waals surface area contributed by atoms with Crippen LogP contribution in [0, 0.1) is 17.8 Å². The number of amides is 2. The van der Waals surface area contributed by atoms with E-state index in [0.29, 0.717) is 25.8 Å². The van der Waals surface area contributed by atoms with Gasteiger partial charge in [0.1, 0.15) is 23.2 Å². The second kappa shape index (κ2) is 10.2. The Hall–Kier alpha value is -2.19. The number of carbonyl (C=O) groups excluding carboxylic acids is 3. The van der Waals surface area contributed by atoms with Gasteiger partial charge in [-0.05, 0) is 38.0 Å². The average molecular weight is 515 g/mol. The lowest BCUT2D eigenvalue weighted by atomic mass is 9.73. The number of likely N-dealkylation sites (tertiary alicyclic amines) is 1. The van der Waals surface area contributed by atoms with Crippen molar-refractivity contribution < 1.29 is 29.0 Å². The molecular weight excluding hydrogens is 472 g/mol. The summed E-state index contributed by atoms with van der Waals surface area (Å²) in [6.45, 7) is 6.49. The van der Waals surface area contributed by atoms with Crippen molar-refractivity contribution in [3.05, 3.63) is 24.3 Å². The van der Waals surface area contributed by atoms with Crippen LogP contribution in [0.5, 0.6) is 0 Å². The number of ether oxygens (including phenoxy) is 2. The highest BCUT2D eigenvalue weighted by molar-refractivity contribution is 5.99. The molecule has 8 nitrogen and oxygen atoms in total. The normalized spacial score (nSPS) is 37.1. The van der Waals surface area contributed by atoms with Crippen molar-refractivity contribution in [2.24, 2.45) is 17.8 Å².